The van der Waals surface area contributed by atoms with Crippen molar-refractivity contribution in [1.29, 1.82) is 0 Å². The number of aryl methyl sites for hydroxylation is 2. The van der Waals surface area contributed by atoms with E-state index >= 15 is 0 Å². The lowest BCUT2D eigenvalue weighted by atomic mass is 10.3. The Hall–Kier alpha value is -0.780. The van der Waals surface area contributed by atoms with Gasteiger partial charge in [-0.3, -0.25) is 0 Å². The van der Waals surface area contributed by atoms with Gasteiger partial charge in [-0.1, -0.05) is 18.3 Å². The van der Waals surface area contributed by atoms with Crippen LogP contribution in [-0.2, 0) is 6.42 Å². The van der Waals surface area contributed by atoms with Gasteiger partial charge in [0, 0.05) is 17.8 Å². The Balaban J connectivity index is 1.97. The first-order valence-corrected chi connectivity index (χ1v) is 7.94. The SMILES string of the molecule is CCCNCCc1nnc(-c2cc(C)c(C)s2)s1. The van der Waals surface area contributed by atoms with Crippen LogP contribution in [0, 0.1) is 13.8 Å². The van der Waals surface area contributed by atoms with E-state index in [0.717, 1.165) is 29.5 Å². The minimum Gasteiger partial charge on any atom is -0.316 e. The molecule has 0 saturated heterocycles. The van der Waals surface area contributed by atoms with Gasteiger partial charge < -0.3 is 5.32 Å². The van der Waals surface area contributed by atoms with Crippen LogP contribution in [-0.4, -0.2) is 23.3 Å². The fourth-order valence-corrected chi connectivity index (χ4v) is 3.54. The summed E-state index contributed by atoms with van der Waals surface area (Å²) in [4.78, 5) is 2.61. The fourth-order valence-electron chi connectivity index (χ4n) is 1.63. The van der Waals surface area contributed by atoms with E-state index in [1.54, 1.807) is 22.7 Å². The Labute approximate surface area is 116 Å². The summed E-state index contributed by atoms with van der Waals surface area (Å²) in [5, 5.41) is 14.1. The minimum atomic E-state index is 0.973. The van der Waals surface area contributed by atoms with Gasteiger partial charge in [-0.05, 0) is 38.4 Å². The molecular weight excluding hydrogens is 262 g/mol. The molecule has 0 atom stereocenters. The number of nitrogens with one attached hydrogen (secondary N) is 1. The summed E-state index contributed by atoms with van der Waals surface area (Å²) in [5.41, 5.74) is 1.34. The third kappa shape index (κ3) is 3.37. The zero-order valence-electron chi connectivity index (χ0n) is 11.1. The largest absolute Gasteiger partial charge is 0.316 e. The third-order valence-electron chi connectivity index (χ3n) is 2.79. The van der Waals surface area contributed by atoms with Crippen molar-refractivity contribution < 1.29 is 0 Å². The Morgan fingerprint density at radius 1 is 1.17 bits per heavy atom. The maximum atomic E-state index is 4.29. The molecule has 0 bridgehead atoms. The van der Waals surface area contributed by atoms with Crippen molar-refractivity contribution in [3.05, 3.63) is 21.5 Å². The van der Waals surface area contributed by atoms with Gasteiger partial charge in [0.15, 0.2) is 5.01 Å². The number of nitrogens with zero attached hydrogens (tertiary/aromatic N) is 2. The highest BCUT2D eigenvalue weighted by molar-refractivity contribution is 7.21. The van der Waals surface area contributed by atoms with Crippen LogP contribution in [0.1, 0.15) is 28.8 Å². The molecule has 0 aromatic carbocycles. The van der Waals surface area contributed by atoms with Crippen LogP contribution in [0.2, 0.25) is 0 Å². The third-order valence-corrected chi connectivity index (χ3v) is 5.09. The van der Waals surface area contributed by atoms with E-state index in [1.807, 2.05) is 0 Å². The molecule has 3 nitrogen and oxygen atoms in total. The maximum Gasteiger partial charge on any atom is 0.157 e. The number of hydrogen-bond donors (Lipinski definition) is 1. The van der Waals surface area contributed by atoms with Crippen molar-refractivity contribution in [2.24, 2.45) is 0 Å². The quantitative estimate of drug-likeness (QED) is 0.824. The van der Waals surface area contributed by atoms with Gasteiger partial charge in [-0.15, -0.1) is 21.5 Å². The first-order valence-electron chi connectivity index (χ1n) is 6.31. The van der Waals surface area contributed by atoms with Gasteiger partial charge in [0.1, 0.15) is 5.01 Å². The molecule has 0 aliphatic heterocycles. The monoisotopic (exact) mass is 281 g/mol. The lowest BCUT2D eigenvalue weighted by molar-refractivity contribution is 0.668. The molecule has 0 aliphatic carbocycles. The summed E-state index contributed by atoms with van der Waals surface area (Å²) >= 11 is 3.52. The van der Waals surface area contributed by atoms with Gasteiger partial charge in [-0.25, -0.2) is 0 Å². The number of hydrogen-bond acceptors (Lipinski definition) is 5. The predicted octanol–water partition coefficient (Wildman–Crippen LogP) is 3.43. The Bertz CT molecular complexity index is 483. The molecule has 0 saturated carbocycles. The van der Waals surface area contributed by atoms with E-state index in [2.05, 4.69) is 42.4 Å². The molecule has 0 spiro atoms. The van der Waals surface area contributed by atoms with Crippen molar-refractivity contribution in [2.45, 2.75) is 33.6 Å². The lowest BCUT2D eigenvalue weighted by Crippen LogP contribution is -2.17. The molecule has 98 valence electrons. The van der Waals surface area contributed by atoms with Crippen molar-refractivity contribution in [2.75, 3.05) is 13.1 Å². The first kappa shape index (κ1) is 13.6. The second-order valence-corrected chi connectivity index (χ2v) is 6.67. The van der Waals surface area contributed by atoms with E-state index in [1.165, 1.54) is 21.7 Å². The van der Waals surface area contributed by atoms with Crippen LogP contribution in [0.4, 0.5) is 0 Å². The second-order valence-electron chi connectivity index (χ2n) is 4.35. The van der Waals surface area contributed by atoms with E-state index < -0.39 is 0 Å². The molecular formula is C13H19N3S2. The summed E-state index contributed by atoms with van der Waals surface area (Å²) in [6, 6.07) is 2.21. The van der Waals surface area contributed by atoms with Crippen molar-refractivity contribution in [1.82, 2.24) is 15.5 Å². The van der Waals surface area contributed by atoms with Crippen molar-refractivity contribution >= 4 is 22.7 Å². The highest BCUT2D eigenvalue weighted by Gasteiger charge is 2.10. The topological polar surface area (TPSA) is 37.8 Å². The molecule has 0 unspecified atom stereocenters. The van der Waals surface area contributed by atoms with Crippen LogP contribution in [0.3, 0.4) is 0 Å². The second kappa shape index (κ2) is 6.41. The van der Waals surface area contributed by atoms with Gasteiger partial charge >= 0.3 is 0 Å². The van der Waals surface area contributed by atoms with Gasteiger partial charge in [-0.2, -0.15) is 0 Å². The van der Waals surface area contributed by atoms with Crippen molar-refractivity contribution in [3.8, 4) is 9.88 Å². The molecule has 2 aromatic heterocycles. The zero-order valence-corrected chi connectivity index (χ0v) is 12.7. The van der Waals surface area contributed by atoms with Gasteiger partial charge in [0.25, 0.3) is 0 Å². The average Bonchev–Trinajstić information content (AvgIpc) is 2.93. The van der Waals surface area contributed by atoms with Gasteiger partial charge in [0.05, 0.1) is 4.88 Å². The Kier molecular flexibility index (Phi) is 4.86. The standard InChI is InChI=1S/C13H19N3S2/c1-4-6-14-7-5-12-15-16-13(18-12)11-8-9(2)10(3)17-11/h8,14H,4-7H2,1-3H3. The van der Waals surface area contributed by atoms with Crippen LogP contribution < -0.4 is 5.32 Å². The first-order chi connectivity index (χ1) is 8.70. The molecule has 5 heteroatoms. The molecule has 2 rings (SSSR count). The summed E-state index contributed by atoms with van der Waals surface area (Å²) in [7, 11) is 0. The number of thiophene rings is 1. The average molecular weight is 281 g/mol. The maximum absolute atomic E-state index is 4.29. The highest BCUT2D eigenvalue weighted by atomic mass is 32.1. The lowest BCUT2D eigenvalue weighted by Gasteiger charge is -1.98. The fraction of sp³-hybridized carbons (Fsp3) is 0.538. The molecule has 0 fully saturated rings. The van der Waals surface area contributed by atoms with Crippen LogP contribution in [0.15, 0.2) is 6.07 Å². The summed E-state index contributed by atoms with van der Waals surface area (Å²) < 4.78 is 0. The smallest absolute Gasteiger partial charge is 0.157 e. The molecule has 2 aromatic rings. The van der Waals surface area contributed by atoms with E-state index in [-0.39, 0.29) is 0 Å². The van der Waals surface area contributed by atoms with Crippen LogP contribution in [0.25, 0.3) is 9.88 Å². The summed E-state index contributed by atoms with van der Waals surface area (Å²) in [5.74, 6) is 0. The van der Waals surface area contributed by atoms with E-state index in [9.17, 15) is 0 Å². The predicted molar refractivity (Wildman–Crippen MR) is 79.6 cm³/mol. The molecule has 0 radical (unpaired) electrons. The van der Waals surface area contributed by atoms with E-state index in [0.29, 0.717) is 0 Å². The molecule has 0 aliphatic rings. The molecule has 1 N–H and O–H groups in total. The minimum absolute atomic E-state index is 0.973. The molecule has 0 amide bonds. The Morgan fingerprint density at radius 3 is 2.67 bits per heavy atom. The van der Waals surface area contributed by atoms with Crippen molar-refractivity contribution in [3.63, 3.8) is 0 Å². The van der Waals surface area contributed by atoms with Crippen LogP contribution >= 0.6 is 22.7 Å². The molecule has 18 heavy (non-hydrogen) atoms. The normalized spacial score (nSPS) is 11.1. The van der Waals surface area contributed by atoms with Gasteiger partial charge in [0.2, 0.25) is 0 Å². The number of rotatable bonds is 6. The van der Waals surface area contributed by atoms with Crippen LogP contribution in [0.5, 0.6) is 0 Å². The Morgan fingerprint density at radius 2 is 2.00 bits per heavy atom. The number of aromatic nitrogens is 2. The summed E-state index contributed by atoms with van der Waals surface area (Å²) in [6.45, 7) is 8.55. The molecule has 2 heterocycles. The highest BCUT2D eigenvalue weighted by Crippen LogP contribution is 2.32. The summed E-state index contributed by atoms with van der Waals surface area (Å²) in [6.07, 6.45) is 2.15. The zero-order chi connectivity index (χ0) is 13.0. The van der Waals surface area contributed by atoms with E-state index in [4.69, 9.17) is 0 Å².